The van der Waals surface area contributed by atoms with Crippen LogP contribution < -0.4 is 4.74 Å². The van der Waals surface area contributed by atoms with Gasteiger partial charge in [0.25, 0.3) is 5.91 Å². The summed E-state index contributed by atoms with van der Waals surface area (Å²) in [6, 6.07) is 9.79. The van der Waals surface area contributed by atoms with Crippen LogP contribution in [0.1, 0.15) is 46.6 Å². The lowest BCUT2D eigenvalue weighted by molar-refractivity contribution is 0.0776. The van der Waals surface area contributed by atoms with Crippen molar-refractivity contribution >= 4 is 17.2 Å². The zero-order valence-corrected chi connectivity index (χ0v) is 14.6. The Labute approximate surface area is 141 Å². The molecule has 5 heteroatoms. The molecule has 1 amide bonds. The van der Waals surface area contributed by atoms with Gasteiger partial charge in [0.05, 0.1) is 17.2 Å². The molecule has 1 aromatic heterocycles. The van der Waals surface area contributed by atoms with E-state index in [1.54, 1.807) is 0 Å². The summed E-state index contributed by atoms with van der Waals surface area (Å²) in [5.74, 6) is 1.31. The van der Waals surface area contributed by atoms with Crippen LogP contribution in [0.2, 0.25) is 0 Å². The average molecular weight is 330 g/mol. The van der Waals surface area contributed by atoms with Crippen LogP contribution in [0.5, 0.6) is 5.75 Å². The van der Waals surface area contributed by atoms with Gasteiger partial charge < -0.3 is 9.64 Å². The highest BCUT2D eigenvalue weighted by Crippen LogP contribution is 2.27. The van der Waals surface area contributed by atoms with Crippen LogP contribution in [0.15, 0.2) is 30.3 Å². The van der Waals surface area contributed by atoms with E-state index in [9.17, 15) is 4.79 Å². The molecule has 2 heterocycles. The molecule has 0 saturated carbocycles. The summed E-state index contributed by atoms with van der Waals surface area (Å²) in [4.78, 5) is 19.9. The number of aromatic nitrogens is 1. The zero-order chi connectivity index (χ0) is 16.4. The third-order valence-corrected chi connectivity index (χ3v) is 5.43. The molecule has 1 aromatic carbocycles. The molecule has 1 saturated heterocycles. The highest BCUT2D eigenvalue weighted by atomic mass is 32.1. The van der Waals surface area contributed by atoms with E-state index in [0.717, 1.165) is 34.3 Å². The number of hydrogen-bond donors (Lipinski definition) is 0. The fourth-order valence-electron chi connectivity index (χ4n) is 2.71. The van der Waals surface area contributed by atoms with E-state index in [2.05, 4.69) is 18.8 Å². The Morgan fingerprint density at radius 3 is 2.74 bits per heavy atom. The van der Waals surface area contributed by atoms with Crippen molar-refractivity contribution in [3.63, 3.8) is 0 Å². The van der Waals surface area contributed by atoms with Crippen LogP contribution in [0, 0.1) is 6.92 Å². The van der Waals surface area contributed by atoms with E-state index in [1.165, 1.54) is 11.3 Å². The van der Waals surface area contributed by atoms with Gasteiger partial charge in [-0.2, -0.15) is 0 Å². The van der Waals surface area contributed by atoms with Crippen molar-refractivity contribution in [2.75, 3.05) is 13.1 Å². The molecule has 2 aromatic rings. The first-order chi connectivity index (χ1) is 11.0. The van der Waals surface area contributed by atoms with Crippen molar-refractivity contribution in [3.8, 4) is 5.75 Å². The molecule has 122 valence electrons. The topological polar surface area (TPSA) is 42.4 Å². The summed E-state index contributed by atoms with van der Waals surface area (Å²) >= 11 is 1.52. The van der Waals surface area contributed by atoms with Crippen LogP contribution in [0.25, 0.3) is 0 Å². The molecular formula is C18H22N2O2S. The Morgan fingerprint density at radius 2 is 2.09 bits per heavy atom. The van der Waals surface area contributed by atoms with E-state index in [4.69, 9.17) is 4.74 Å². The molecule has 1 fully saturated rings. The Balaban J connectivity index is 1.65. The number of aryl methyl sites for hydroxylation is 1. The maximum Gasteiger partial charge on any atom is 0.265 e. The zero-order valence-electron chi connectivity index (χ0n) is 13.8. The first-order valence-corrected chi connectivity index (χ1v) is 8.84. The molecule has 1 atom stereocenters. The normalized spacial score (nSPS) is 17.7. The average Bonchev–Trinajstić information content (AvgIpc) is 3.14. The van der Waals surface area contributed by atoms with Crippen molar-refractivity contribution < 1.29 is 9.53 Å². The second kappa shape index (κ2) is 6.71. The van der Waals surface area contributed by atoms with Gasteiger partial charge in [-0.25, -0.2) is 4.98 Å². The molecule has 1 aliphatic heterocycles. The number of thiazole rings is 1. The van der Waals surface area contributed by atoms with Gasteiger partial charge >= 0.3 is 0 Å². The number of nitrogens with zero attached hydrogens (tertiary/aromatic N) is 2. The Morgan fingerprint density at radius 1 is 1.35 bits per heavy atom. The van der Waals surface area contributed by atoms with Crippen molar-refractivity contribution in [3.05, 3.63) is 45.9 Å². The summed E-state index contributed by atoms with van der Waals surface area (Å²) < 4.78 is 5.96. The van der Waals surface area contributed by atoms with Crippen molar-refractivity contribution in [1.82, 2.24) is 9.88 Å². The first kappa shape index (κ1) is 16.0. The van der Waals surface area contributed by atoms with Crippen LogP contribution in [0.4, 0.5) is 0 Å². The molecular weight excluding hydrogens is 308 g/mol. The lowest BCUT2D eigenvalue weighted by atomic mass is 10.2. The number of likely N-dealkylation sites (tertiary alicyclic amines) is 1. The lowest BCUT2D eigenvalue weighted by Crippen LogP contribution is -2.30. The largest absolute Gasteiger partial charge is 0.489 e. The van der Waals surface area contributed by atoms with E-state index < -0.39 is 0 Å². The fraction of sp³-hybridized carbons (Fsp3) is 0.444. The minimum atomic E-state index is 0.0687. The van der Waals surface area contributed by atoms with E-state index in [0.29, 0.717) is 12.5 Å². The summed E-state index contributed by atoms with van der Waals surface area (Å²) in [5, 5.41) is 1.03. The summed E-state index contributed by atoms with van der Waals surface area (Å²) in [5.41, 5.74) is 0.844. The fourth-order valence-corrected chi connectivity index (χ4v) is 3.74. The molecule has 4 nitrogen and oxygen atoms in total. The maximum absolute atomic E-state index is 12.7. The highest BCUT2D eigenvalue weighted by molar-refractivity contribution is 7.13. The van der Waals surface area contributed by atoms with Crippen molar-refractivity contribution in [2.24, 2.45) is 0 Å². The van der Waals surface area contributed by atoms with Crippen molar-refractivity contribution in [1.29, 1.82) is 0 Å². The second-order valence-corrected chi connectivity index (χ2v) is 7.24. The SMILES string of the molecule is Cc1nc(C(C)C)sc1C(=O)N1CCC(Oc2ccccc2)C1. The number of ether oxygens (including phenoxy) is 1. The molecule has 0 spiro atoms. The number of amides is 1. The minimum Gasteiger partial charge on any atom is -0.489 e. The van der Waals surface area contributed by atoms with Gasteiger partial charge in [0.2, 0.25) is 0 Å². The molecule has 23 heavy (non-hydrogen) atoms. The molecule has 0 N–H and O–H groups in total. The van der Waals surface area contributed by atoms with Gasteiger partial charge in [-0.3, -0.25) is 4.79 Å². The Kier molecular flexibility index (Phi) is 4.66. The van der Waals surface area contributed by atoms with Gasteiger partial charge in [0, 0.05) is 18.9 Å². The van der Waals surface area contributed by atoms with Crippen LogP contribution in [-0.2, 0) is 0 Å². The third-order valence-electron chi connectivity index (χ3n) is 3.98. The quantitative estimate of drug-likeness (QED) is 0.854. The van der Waals surface area contributed by atoms with E-state index >= 15 is 0 Å². The lowest BCUT2D eigenvalue weighted by Gasteiger charge is -2.16. The molecule has 3 rings (SSSR count). The predicted octanol–water partition coefficient (Wildman–Crippen LogP) is 3.87. The summed E-state index contributed by atoms with van der Waals surface area (Å²) in [7, 11) is 0. The molecule has 0 radical (unpaired) electrons. The number of hydrogen-bond acceptors (Lipinski definition) is 4. The molecule has 0 bridgehead atoms. The molecule has 1 aliphatic rings. The third kappa shape index (κ3) is 3.55. The Hall–Kier alpha value is -1.88. The predicted molar refractivity (Wildman–Crippen MR) is 92.3 cm³/mol. The van der Waals surface area contributed by atoms with Gasteiger partial charge in [0.1, 0.15) is 16.7 Å². The highest BCUT2D eigenvalue weighted by Gasteiger charge is 2.30. The van der Waals surface area contributed by atoms with Crippen molar-refractivity contribution in [2.45, 2.75) is 39.2 Å². The van der Waals surface area contributed by atoms with Crippen LogP contribution in [-0.4, -0.2) is 35.0 Å². The first-order valence-electron chi connectivity index (χ1n) is 8.03. The monoisotopic (exact) mass is 330 g/mol. The minimum absolute atomic E-state index is 0.0687. The number of benzene rings is 1. The second-order valence-electron chi connectivity index (χ2n) is 6.21. The number of para-hydroxylation sites is 1. The van der Waals surface area contributed by atoms with Crippen LogP contribution >= 0.6 is 11.3 Å². The van der Waals surface area contributed by atoms with Crippen LogP contribution in [0.3, 0.4) is 0 Å². The van der Waals surface area contributed by atoms with E-state index in [1.807, 2.05) is 42.2 Å². The standard InChI is InChI=1S/C18H22N2O2S/c1-12(2)17-19-13(3)16(23-17)18(21)20-10-9-15(11-20)22-14-7-5-4-6-8-14/h4-8,12,15H,9-11H2,1-3H3. The van der Waals surface area contributed by atoms with Gasteiger partial charge in [-0.15, -0.1) is 11.3 Å². The number of rotatable bonds is 4. The summed E-state index contributed by atoms with van der Waals surface area (Å²) in [6.45, 7) is 7.51. The number of carbonyl (C=O) groups excluding carboxylic acids is 1. The maximum atomic E-state index is 12.7. The van der Waals surface area contributed by atoms with E-state index in [-0.39, 0.29) is 12.0 Å². The molecule has 1 unspecified atom stereocenters. The van der Waals surface area contributed by atoms with Gasteiger partial charge in [-0.05, 0) is 19.1 Å². The number of carbonyl (C=O) groups is 1. The Bertz CT molecular complexity index is 682. The van der Waals surface area contributed by atoms with Gasteiger partial charge in [0.15, 0.2) is 0 Å². The van der Waals surface area contributed by atoms with Gasteiger partial charge in [-0.1, -0.05) is 32.0 Å². The molecule has 0 aliphatic carbocycles. The smallest absolute Gasteiger partial charge is 0.265 e. The summed E-state index contributed by atoms with van der Waals surface area (Å²) in [6.07, 6.45) is 0.939.